The zero-order valence-electron chi connectivity index (χ0n) is 11.1. The second kappa shape index (κ2) is 7.27. The van der Waals surface area contributed by atoms with Gasteiger partial charge in [0.05, 0.1) is 6.61 Å². The van der Waals surface area contributed by atoms with Crippen molar-refractivity contribution in [2.45, 2.75) is 33.2 Å². The fourth-order valence-electron chi connectivity index (χ4n) is 1.71. The maximum absolute atomic E-state index is 11.9. The first kappa shape index (κ1) is 14.8. The Hall–Kier alpha value is -1.22. The van der Waals surface area contributed by atoms with Crippen molar-refractivity contribution in [3.63, 3.8) is 0 Å². The smallest absolute Gasteiger partial charge is 0.328 e. The molecule has 0 aliphatic heterocycles. The van der Waals surface area contributed by atoms with E-state index in [1.807, 2.05) is 19.1 Å². The van der Waals surface area contributed by atoms with Crippen LogP contribution in [0.1, 0.15) is 27.2 Å². The minimum atomic E-state index is -0.330. The number of rotatable bonds is 6. The highest BCUT2D eigenvalue weighted by molar-refractivity contribution is 6.30. The maximum Gasteiger partial charge on any atom is 0.328 e. The van der Waals surface area contributed by atoms with Crippen LogP contribution in [0, 0.1) is 5.92 Å². The number of nitrogens with one attached hydrogen (secondary N) is 1. The molecule has 0 radical (unpaired) electrons. The van der Waals surface area contributed by atoms with Crippen molar-refractivity contribution < 1.29 is 9.53 Å². The number of anilines is 1. The molecule has 0 aliphatic carbocycles. The molecule has 0 amide bonds. The van der Waals surface area contributed by atoms with Crippen LogP contribution in [0.5, 0.6) is 0 Å². The molecule has 0 heterocycles. The Kier molecular flexibility index (Phi) is 5.99. The van der Waals surface area contributed by atoms with Crippen LogP contribution in [0.2, 0.25) is 5.02 Å². The topological polar surface area (TPSA) is 38.3 Å². The van der Waals surface area contributed by atoms with Crippen molar-refractivity contribution in [1.29, 1.82) is 0 Å². The van der Waals surface area contributed by atoms with Gasteiger partial charge < -0.3 is 10.1 Å². The van der Waals surface area contributed by atoms with Crippen molar-refractivity contribution in [3.8, 4) is 0 Å². The Labute approximate surface area is 113 Å². The fourth-order valence-corrected chi connectivity index (χ4v) is 1.90. The monoisotopic (exact) mass is 269 g/mol. The Morgan fingerprint density at radius 1 is 1.44 bits per heavy atom. The molecule has 0 aliphatic rings. The second-order valence-electron chi connectivity index (χ2n) is 4.59. The van der Waals surface area contributed by atoms with Gasteiger partial charge in [0, 0.05) is 10.7 Å². The molecule has 0 bridgehead atoms. The highest BCUT2D eigenvalue weighted by atomic mass is 35.5. The average Bonchev–Trinajstić information content (AvgIpc) is 2.28. The van der Waals surface area contributed by atoms with E-state index in [2.05, 4.69) is 19.2 Å². The van der Waals surface area contributed by atoms with Crippen molar-refractivity contribution in [1.82, 2.24) is 0 Å². The first-order valence-electron chi connectivity index (χ1n) is 6.21. The molecule has 4 heteroatoms. The van der Waals surface area contributed by atoms with E-state index in [4.69, 9.17) is 16.3 Å². The predicted molar refractivity (Wildman–Crippen MR) is 75.0 cm³/mol. The molecule has 1 N–H and O–H groups in total. The van der Waals surface area contributed by atoms with E-state index in [0.29, 0.717) is 17.5 Å². The van der Waals surface area contributed by atoms with E-state index < -0.39 is 0 Å². The average molecular weight is 270 g/mol. The second-order valence-corrected chi connectivity index (χ2v) is 5.03. The van der Waals surface area contributed by atoms with Gasteiger partial charge in [0.25, 0.3) is 0 Å². The molecule has 1 unspecified atom stereocenters. The van der Waals surface area contributed by atoms with Crippen LogP contribution in [0.3, 0.4) is 0 Å². The van der Waals surface area contributed by atoms with Gasteiger partial charge in [-0.3, -0.25) is 0 Å². The van der Waals surface area contributed by atoms with Crippen LogP contribution in [-0.4, -0.2) is 18.6 Å². The Balaban J connectivity index is 2.74. The van der Waals surface area contributed by atoms with Gasteiger partial charge in [0.1, 0.15) is 6.04 Å². The van der Waals surface area contributed by atoms with E-state index in [-0.39, 0.29) is 12.0 Å². The van der Waals surface area contributed by atoms with E-state index in [9.17, 15) is 4.79 Å². The largest absolute Gasteiger partial charge is 0.464 e. The van der Waals surface area contributed by atoms with Crippen LogP contribution in [0.25, 0.3) is 0 Å². The maximum atomic E-state index is 11.9. The van der Waals surface area contributed by atoms with Gasteiger partial charge >= 0.3 is 5.97 Å². The third-order valence-electron chi connectivity index (χ3n) is 2.44. The molecule has 0 fully saturated rings. The van der Waals surface area contributed by atoms with Gasteiger partial charge in [-0.15, -0.1) is 0 Å². The SMILES string of the molecule is CCOC(=O)C(CC(C)C)Nc1cccc(Cl)c1. The Bertz CT molecular complexity index is 393. The lowest BCUT2D eigenvalue weighted by Crippen LogP contribution is -2.32. The van der Waals surface area contributed by atoms with E-state index in [1.165, 1.54) is 0 Å². The minimum Gasteiger partial charge on any atom is -0.464 e. The predicted octanol–water partition coefficient (Wildman–Crippen LogP) is 3.73. The summed E-state index contributed by atoms with van der Waals surface area (Å²) in [5.41, 5.74) is 0.834. The molecule has 100 valence electrons. The highest BCUT2D eigenvalue weighted by Crippen LogP contribution is 2.18. The quantitative estimate of drug-likeness (QED) is 0.800. The molecule has 1 rings (SSSR count). The number of benzene rings is 1. The molecular weight excluding hydrogens is 250 g/mol. The number of esters is 1. The van der Waals surface area contributed by atoms with Crippen LogP contribution in [0.15, 0.2) is 24.3 Å². The van der Waals surface area contributed by atoms with Crippen molar-refractivity contribution in [2.75, 3.05) is 11.9 Å². The van der Waals surface area contributed by atoms with Crippen molar-refractivity contribution in [2.24, 2.45) is 5.92 Å². The number of carbonyl (C=O) groups is 1. The third kappa shape index (κ3) is 4.96. The summed E-state index contributed by atoms with van der Waals surface area (Å²) in [5, 5.41) is 3.82. The summed E-state index contributed by atoms with van der Waals surface area (Å²) < 4.78 is 5.07. The summed E-state index contributed by atoms with van der Waals surface area (Å²) in [4.78, 5) is 11.9. The summed E-state index contributed by atoms with van der Waals surface area (Å²) in [7, 11) is 0. The van der Waals surface area contributed by atoms with Gasteiger partial charge in [-0.2, -0.15) is 0 Å². The molecule has 0 saturated heterocycles. The minimum absolute atomic E-state index is 0.217. The van der Waals surface area contributed by atoms with Gasteiger partial charge in [-0.1, -0.05) is 31.5 Å². The molecule has 1 atom stereocenters. The standard InChI is InChI=1S/C14H20ClNO2/c1-4-18-14(17)13(8-10(2)3)16-12-7-5-6-11(15)9-12/h5-7,9-10,13,16H,4,8H2,1-3H3. The highest BCUT2D eigenvalue weighted by Gasteiger charge is 2.20. The molecule has 3 nitrogen and oxygen atoms in total. The van der Waals surface area contributed by atoms with Crippen LogP contribution in [0.4, 0.5) is 5.69 Å². The van der Waals surface area contributed by atoms with Gasteiger partial charge in [0.15, 0.2) is 0 Å². The van der Waals surface area contributed by atoms with Crippen LogP contribution >= 0.6 is 11.6 Å². The zero-order chi connectivity index (χ0) is 13.5. The van der Waals surface area contributed by atoms with Gasteiger partial charge in [0.2, 0.25) is 0 Å². The van der Waals surface area contributed by atoms with Crippen LogP contribution < -0.4 is 5.32 Å². The lowest BCUT2D eigenvalue weighted by molar-refractivity contribution is -0.144. The molecule has 1 aromatic rings. The fraction of sp³-hybridized carbons (Fsp3) is 0.500. The summed E-state index contributed by atoms with van der Waals surface area (Å²) in [5.74, 6) is 0.192. The van der Waals surface area contributed by atoms with Crippen molar-refractivity contribution >= 4 is 23.3 Å². The number of ether oxygens (including phenoxy) is 1. The molecular formula is C14H20ClNO2. The molecule has 0 spiro atoms. The first-order valence-corrected chi connectivity index (χ1v) is 6.59. The molecule has 1 aromatic carbocycles. The number of carbonyl (C=O) groups excluding carboxylic acids is 1. The Morgan fingerprint density at radius 3 is 2.72 bits per heavy atom. The summed E-state index contributed by atoms with van der Waals surface area (Å²) in [6.45, 7) is 6.35. The molecule has 18 heavy (non-hydrogen) atoms. The van der Waals surface area contributed by atoms with Crippen molar-refractivity contribution in [3.05, 3.63) is 29.3 Å². The first-order chi connectivity index (χ1) is 8.52. The van der Waals surface area contributed by atoms with E-state index >= 15 is 0 Å². The lowest BCUT2D eigenvalue weighted by atomic mass is 10.0. The molecule has 0 saturated carbocycles. The normalized spacial score (nSPS) is 12.3. The molecule has 0 aromatic heterocycles. The number of hydrogen-bond acceptors (Lipinski definition) is 3. The summed E-state index contributed by atoms with van der Waals surface area (Å²) >= 11 is 5.92. The van der Waals surface area contributed by atoms with Crippen LogP contribution in [-0.2, 0) is 9.53 Å². The zero-order valence-corrected chi connectivity index (χ0v) is 11.8. The number of halogens is 1. The summed E-state index contributed by atoms with van der Waals surface area (Å²) in [6.07, 6.45) is 0.728. The Morgan fingerprint density at radius 2 is 2.17 bits per heavy atom. The van der Waals surface area contributed by atoms with Gasteiger partial charge in [-0.25, -0.2) is 4.79 Å². The summed E-state index contributed by atoms with van der Waals surface area (Å²) in [6, 6.07) is 7.01. The number of hydrogen-bond donors (Lipinski definition) is 1. The van der Waals surface area contributed by atoms with Gasteiger partial charge in [-0.05, 0) is 37.5 Å². The van der Waals surface area contributed by atoms with E-state index in [1.54, 1.807) is 12.1 Å². The van der Waals surface area contributed by atoms with E-state index in [0.717, 1.165) is 12.1 Å². The lowest BCUT2D eigenvalue weighted by Gasteiger charge is -2.20. The third-order valence-corrected chi connectivity index (χ3v) is 2.68.